The van der Waals surface area contributed by atoms with Crippen molar-refractivity contribution < 1.29 is 18.8 Å². The number of rotatable bonds is 3. The molecule has 2 N–H and O–H groups in total. The minimum atomic E-state index is -0.702. The predicted octanol–water partition coefficient (Wildman–Crippen LogP) is 2.44. The van der Waals surface area contributed by atoms with Gasteiger partial charge in [-0.1, -0.05) is 12.1 Å². The van der Waals surface area contributed by atoms with Crippen molar-refractivity contribution >= 4 is 23.4 Å². The lowest BCUT2D eigenvalue weighted by Gasteiger charge is -2.06. The summed E-state index contributed by atoms with van der Waals surface area (Å²) in [4.78, 5) is 34.4. The molecule has 1 aromatic carbocycles. The Morgan fingerprint density at radius 2 is 1.90 bits per heavy atom. The van der Waals surface area contributed by atoms with Crippen molar-refractivity contribution in [2.24, 2.45) is 0 Å². The fraction of sp³-hybridized carbons (Fsp3) is 0.0714. The fourth-order valence-corrected chi connectivity index (χ4v) is 1.55. The molecule has 2 rings (SSSR count). The molecule has 0 radical (unpaired) electrons. The second-order valence-corrected chi connectivity index (χ2v) is 4.02. The number of amides is 3. The number of carbonyl (C=O) groups excluding carboxylic acids is 3. The maximum atomic E-state index is 11.6. The first-order chi connectivity index (χ1) is 9.56. The number of furan rings is 1. The zero-order valence-corrected chi connectivity index (χ0v) is 10.7. The van der Waals surface area contributed by atoms with E-state index in [0.717, 1.165) is 0 Å². The van der Waals surface area contributed by atoms with Gasteiger partial charge in [0.25, 0.3) is 5.91 Å². The summed E-state index contributed by atoms with van der Waals surface area (Å²) in [5.74, 6) is -0.714. The van der Waals surface area contributed by atoms with Crippen LogP contribution in [0.15, 0.2) is 47.1 Å². The third-order valence-corrected chi connectivity index (χ3v) is 2.50. The van der Waals surface area contributed by atoms with Crippen molar-refractivity contribution in [1.82, 2.24) is 5.32 Å². The molecule has 0 bridgehead atoms. The molecule has 6 nitrogen and oxygen atoms in total. The molecule has 0 unspecified atom stereocenters. The van der Waals surface area contributed by atoms with Gasteiger partial charge in [0.05, 0.1) is 6.26 Å². The average molecular weight is 272 g/mol. The van der Waals surface area contributed by atoms with Gasteiger partial charge in [0.2, 0.25) is 0 Å². The van der Waals surface area contributed by atoms with Crippen LogP contribution in [0.5, 0.6) is 0 Å². The van der Waals surface area contributed by atoms with Crippen LogP contribution in [0.25, 0.3) is 0 Å². The van der Waals surface area contributed by atoms with Crippen LogP contribution in [0.4, 0.5) is 10.5 Å². The minimum Gasteiger partial charge on any atom is -0.459 e. The molecular weight excluding hydrogens is 260 g/mol. The summed E-state index contributed by atoms with van der Waals surface area (Å²) in [5.41, 5.74) is 0.891. The Morgan fingerprint density at radius 1 is 1.10 bits per heavy atom. The first-order valence-electron chi connectivity index (χ1n) is 5.83. The molecule has 0 fully saturated rings. The van der Waals surface area contributed by atoms with Gasteiger partial charge in [0.15, 0.2) is 11.5 Å². The van der Waals surface area contributed by atoms with Gasteiger partial charge in [-0.05, 0) is 31.2 Å². The van der Waals surface area contributed by atoms with Crippen LogP contribution in [0.2, 0.25) is 0 Å². The second-order valence-electron chi connectivity index (χ2n) is 4.02. The molecule has 0 saturated carbocycles. The molecule has 102 valence electrons. The number of anilines is 1. The van der Waals surface area contributed by atoms with E-state index in [9.17, 15) is 14.4 Å². The maximum Gasteiger partial charge on any atom is 0.326 e. The molecule has 0 aliphatic heterocycles. The Labute approximate surface area is 114 Å². The summed E-state index contributed by atoms with van der Waals surface area (Å²) in [7, 11) is 0. The van der Waals surface area contributed by atoms with Crippen LogP contribution in [-0.2, 0) is 0 Å². The number of ketones is 1. The number of urea groups is 1. The number of hydrogen-bond acceptors (Lipinski definition) is 4. The van der Waals surface area contributed by atoms with Gasteiger partial charge in [-0.25, -0.2) is 4.79 Å². The first kappa shape index (κ1) is 13.5. The van der Waals surface area contributed by atoms with E-state index < -0.39 is 11.9 Å². The quantitative estimate of drug-likeness (QED) is 0.840. The summed E-state index contributed by atoms with van der Waals surface area (Å²) in [6.07, 6.45) is 1.34. The highest BCUT2D eigenvalue weighted by Crippen LogP contribution is 2.11. The van der Waals surface area contributed by atoms with Crippen LogP contribution >= 0.6 is 0 Å². The molecule has 1 aromatic heterocycles. The van der Waals surface area contributed by atoms with Gasteiger partial charge in [-0.15, -0.1) is 0 Å². The summed E-state index contributed by atoms with van der Waals surface area (Å²) in [6, 6.07) is 8.71. The lowest BCUT2D eigenvalue weighted by Crippen LogP contribution is -2.34. The van der Waals surface area contributed by atoms with Crippen molar-refractivity contribution in [1.29, 1.82) is 0 Å². The number of hydrogen-bond donors (Lipinski definition) is 2. The molecule has 20 heavy (non-hydrogen) atoms. The third kappa shape index (κ3) is 3.32. The first-order valence-corrected chi connectivity index (χ1v) is 5.83. The average Bonchev–Trinajstić information content (AvgIpc) is 2.92. The molecule has 0 saturated heterocycles. The highest BCUT2D eigenvalue weighted by Gasteiger charge is 2.12. The van der Waals surface area contributed by atoms with E-state index in [1.165, 1.54) is 25.3 Å². The van der Waals surface area contributed by atoms with Gasteiger partial charge in [-0.3, -0.25) is 14.9 Å². The highest BCUT2D eigenvalue weighted by atomic mass is 16.3. The number of benzene rings is 1. The third-order valence-electron chi connectivity index (χ3n) is 2.50. The van der Waals surface area contributed by atoms with Crippen LogP contribution in [0.1, 0.15) is 27.8 Å². The van der Waals surface area contributed by atoms with E-state index in [0.29, 0.717) is 11.3 Å². The molecule has 0 atom stereocenters. The van der Waals surface area contributed by atoms with E-state index in [-0.39, 0.29) is 11.5 Å². The van der Waals surface area contributed by atoms with Gasteiger partial charge in [-0.2, -0.15) is 0 Å². The Kier molecular flexibility index (Phi) is 3.95. The van der Waals surface area contributed by atoms with Gasteiger partial charge in [0.1, 0.15) is 0 Å². The van der Waals surface area contributed by atoms with Crippen LogP contribution in [-0.4, -0.2) is 17.7 Å². The molecule has 3 amide bonds. The number of Topliss-reactive ketones (excluding diaryl/α,β-unsaturated/α-hetero) is 1. The lowest BCUT2D eigenvalue weighted by molar-refractivity contribution is 0.0939. The molecule has 0 aliphatic carbocycles. The molecule has 0 aliphatic rings. The molecule has 6 heteroatoms. The Hall–Kier alpha value is -2.89. The van der Waals surface area contributed by atoms with Gasteiger partial charge >= 0.3 is 6.03 Å². The smallest absolute Gasteiger partial charge is 0.326 e. The molecule has 2 aromatic rings. The second kappa shape index (κ2) is 5.83. The van der Waals surface area contributed by atoms with Crippen molar-refractivity contribution in [3.8, 4) is 0 Å². The van der Waals surface area contributed by atoms with Crippen molar-refractivity contribution in [3.05, 3.63) is 54.0 Å². The SMILES string of the molecule is CC(=O)c1cccc(NC(=O)NC(=O)c2ccco2)c1. The molecular formula is C14H12N2O4. The van der Waals surface area contributed by atoms with Gasteiger partial charge in [0, 0.05) is 11.3 Å². The number of carbonyl (C=O) groups is 3. The fourth-order valence-electron chi connectivity index (χ4n) is 1.55. The van der Waals surface area contributed by atoms with Crippen LogP contribution in [0, 0.1) is 0 Å². The van der Waals surface area contributed by atoms with E-state index in [2.05, 4.69) is 10.6 Å². The Balaban J connectivity index is 1.99. The topological polar surface area (TPSA) is 88.4 Å². The Morgan fingerprint density at radius 3 is 2.55 bits per heavy atom. The van der Waals surface area contributed by atoms with Crippen LogP contribution < -0.4 is 10.6 Å². The normalized spacial score (nSPS) is 9.85. The summed E-state index contributed by atoms with van der Waals surface area (Å²) >= 11 is 0. The predicted molar refractivity (Wildman–Crippen MR) is 71.6 cm³/mol. The summed E-state index contributed by atoms with van der Waals surface area (Å²) in [5, 5.41) is 4.58. The zero-order valence-electron chi connectivity index (χ0n) is 10.7. The highest BCUT2D eigenvalue weighted by molar-refractivity contribution is 6.07. The largest absolute Gasteiger partial charge is 0.459 e. The lowest BCUT2D eigenvalue weighted by atomic mass is 10.1. The standard InChI is InChI=1S/C14H12N2O4/c1-9(17)10-4-2-5-11(8-10)15-14(19)16-13(18)12-6-3-7-20-12/h2-8H,1H3,(H2,15,16,18,19). The molecule has 0 spiro atoms. The molecule has 1 heterocycles. The van der Waals surface area contributed by atoms with Crippen molar-refractivity contribution in [2.75, 3.05) is 5.32 Å². The summed E-state index contributed by atoms with van der Waals surface area (Å²) < 4.78 is 4.86. The number of imide groups is 1. The van der Waals surface area contributed by atoms with Gasteiger partial charge < -0.3 is 9.73 Å². The monoisotopic (exact) mass is 272 g/mol. The van der Waals surface area contributed by atoms with E-state index in [1.807, 2.05) is 0 Å². The van der Waals surface area contributed by atoms with Crippen molar-refractivity contribution in [3.63, 3.8) is 0 Å². The van der Waals surface area contributed by atoms with Crippen molar-refractivity contribution in [2.45, 2.75) is 6.92 Å². The van der Waals surface area contributed by atoms with E-state index in [1.54, 1.807) is 24.3 Å². The Bertz CT molecular complexity index is 647. The zero-order chi connectivity index (χ0) is 14.5. The number of nitrogens with one attached hydrogen (secondary N) is 2. The van der Waals surface area contributed by atoms with Crippen LogP contribution in [0.3, 0.4) is 0 Å². The summed E-state index contributed by atoms with van der Waals surface area (Å²) in [6.45, 7) is 1.43. The van der Waals surface area contributed by atoms with E-state index >= 15 is 0 Å². The minimum absolute atomic E-state index is 0.0395. The maximum absolute atomic E-state index is 11.6. The van der Waals surface area contributed by atoms with E-state index in [4.69, 9.17) is 4.42 Å².